The molecule has 4 heteroatoms. The van der Waals surface area contributed by atoms with E-state index in [1.807, 2.05) is 6.92 Å². The highest BCUT2D eigenvalue weighted by Crippen LogP contribution is 2.03. The largest absolute Gasteiger partial charge is 0.378 e. The molecule has 4 nitrogen and oxygen atoms in total. The first-order chi connectivity index (χ1) is 8.55. The van der Waals surface area contributed by atoms with Gasteiger partial charge in [-0.15, -0.1) is 0 Å². The maximum absolute atomic E-state index is 9.55. The van der Waals surface area contributed by atoms with Gasteiger partial charge in [0.1, 0.15) is 16.9 Å². The SMILES string of the molecule is Cc1cc(C#CC(C)(C)O)nc(C#CC(C)(C)O)n1. The normalized spacial score (nSPS) is 11.1. The van der Waals surface area contributed by atoms with Crippen LogP contribution in [0.5, 0.6) is 0 Å². The van der Waals surface area contributed by atoms with Crippen LogP contribution in [0.4, 0.5) is 0 Å². The van der Waals surface area contributed by atoms with Gasteiger partial charge in [-0.1, -0.05) is 11.8 Å². The third-order valence-electron chi connectivity index (χ3n) is 1.83. The summed E-state index contributed by atoms with van der Waals surface area (Å²) in [5, 5.41) is 19.1. The van der Waals surface area contributed by atoms with E-state index in [2.05, 4.69) is 33.6 Å². The monoisotopic (exact) mass is 258 g/mol. The minimum Gasteiger partial charge on any atom is -0.378 e. The zero-order valence-electron chi connectivity index (χ0n) is 11.9. The number of aliphatic hydroxyl groups is 2. The second-order valence-corrected chi connectivity index (χ2v) is 5.34. The zero-order valence-corrected chi connectivity index (χ0v) is 11.9. The van der Waals surface area contributed by atoms with Gasteiger partial charge in [-0.3, -0.25) is 0 Å². The molecule has 19 heavy (non-hydrogen) atoms. The number of aryl methyl sites for hydroxylation is 1. The molecule has 1 aromatic rings. The fourth-order valence-corrected chi connectivity index (χ4v) is 1.11. The van der Waals surface area contributed by atoms with Crippen LogP contribution in [0.1, 0.15) is 44.9 Å². The average molecular weight is 258 g/mol. The molecule has 2 N–H and O–H groups in total. The van der Waals surface area contributed by atoms with Crippen LogP contribution in [0.15, 0.2) is 6.07 Å². The second-order valence-electron chi connectivity index (χ2n) is 5.34. The molecule has 0 aliphatic heterocycles. The molecule has 0 fully saturated rings. The van der Waals surface area contributed by atoms with Crippen LogP contribution in [0.3, 0.4) is 0 Å². The Kier molecular flexibility index (Phi) is 4.32. The van der Waals surface area contributed by atoms with Crippen LogP contribution < -0.4 is 0 Å². The van der Waals surface area contributed by atoms with Gasteiger partial charge >= 0.3 is 0 Å². The lowest BCUT2D eigenvalue weighted by atomic mass is 10.1. The van der Waals surface area contributed by atoms with Gasteiger partial charge < -0.3 is 10.2 Å². The number of hydrogen-bond donors (Lipinski definition) is 2. The first-order valence-corrected chi connectivity index (χ1v) is 5.92. The lowest BCUT2D eigenvalue weighted by Crippen LogP contribution is -2.15. The summed E-state index contributed by atoms with van der Waals surface area (Å²) in [5.74, 6) is 11.1. The molecule has 1 aromatic heterocycles. The van der Waals surface area contributed by atoms with E-state index in [-0.39, 0.29) is 0 Å². The molecule has 1 heterocycles. The summed E-state index contributed by atoms with van der Waals surface area (Å²) in [5.41, 5.74) is -0.936. The standard InChI is InChI=1S/C15H18N2O2/c1-11-10-12(6-8-14(2,3)18)17-13(16-11)7-9-15(4,5)19/h10,18-19H,1-5H3. The Morgan fingerprint density at radius 2 is 1.47 bits per heavy atom. The third-order valence-corrected chi connectivity index (χ3v) is 1.83. The molecule has 0 spiro atoms. The van der Waals surface area contributed by atoms with Crippen LogP contribution in [-0.4, -0.2) is 31.4 Å². The second kappa shape index (κ2) is 5.40. The van der Waals surface area contributed by atoms with E-state index in [1.165, 1.54) is 0 Å². The van der Waals surface area contributed by atoms with Gasteiger partial charge in [-0.05, 0) is 52.5 Å². The lowest BCUT2D eigenvalue weighted by molar-refractivity contribution is 0.143. The summed E-state index contributed by atoms with van der Waals surface area (Å²) >= 11 is 0. The molecule has 0 atom stereocenters. The van der Waals surface area contributed by atoms with Crippen LogP contribution in [-0.2, 0) is 0 Å². The molecule has 0 amide bonds. The summed E-state index contributed by atoms with van der Waals surface area (Å²) in [6.07, 6.45) is 0. The molecule has 0 radical (unpaired) electrons. The predicted octanol–water partition coefficient (Wildman–Crippen LogP) is 1.03. The highest BCUT2D eigenvalue weighted by atomic mass is 16.3. The van der Waals surface area contributed by atoms with Crippen LogP contribution in [0, 0.1) is 30.6 Å². The van der Waals surface area contributed by atoms with Gasteiger partial charge in [-0.25, -0.2) is 9.97 Å². The first-order valence-electron chi connectivity index (χ1n) is 5.92. The van der Waals surface area contributed by atoms with Gasteiger partial charge in [0.05, 0.1) is 0 Å². The third kappa shape index (κ3) is 6.57. The maximum atomic E-state index is 9.55. The van der Waals surface area contributed by atoms with Crippen molar-refractivity contribution in [2.75, 3.05) is 0 Å². The van der Waals surface area contributed by atoms with Gasteiger partial charge in [0.25, 0.3) is 0 Å². The predicted molar refractivity (Wildman–Crippen MR) is 73.1 cm³/mol. The van der Waals surface area contributed by atoms with Gasteiger partial charge in [0, 0.05) is 5.69 Å². The van der Waals surface area contributed by atoms with Crippen molar-refractivity contribution in [1.82, 2.24) is 9.97 Å². The minimum absolute atomic E-state index is 0.308. The van der Waals surface area contributed by atoms with Crippen LogP contribution >= 0.6 is 0 Å². The van der Waals surface area contributed by atoms with Gasteiger partial charge in [0.15, 0.2) is 0 Å². The van der Waals surface area contributed by atoms with Gasteiger partial charge in [0.2, 0.25) is 5.82 Å². The van der Waals surface area contributed by atoms with Crippen molar-refractivity contribution in [2.24, 2.45) is 0 Å². The topological polar surface area (TPSA) is 66.2 Å². The summed E-state index contributed by atoms with van der Waals surface area (Å²) in [6.45, 7) is 8.19. The minimum atomic E-state index is -1.09. The van der Waals surface area contributed by atoms with Gasteiger partial charge in [-0.2, -0.15) is 0 Å². The zero-order chi connectivity index (χ0) is 14.7. The molecule has 0 unspecified atom stereocenters. The van der Waals surface area contributed by atoms with Crippen LogP contribution in [0.2, 0.25) is 0 Å². The van der Waals surface area contributed by atoms with Crippen molar-refractivity contribution in [2.45, 2.75) is 45.8 Å². The van der Waals surface area contributed by atoms with Crippen LogP contribution in [0.25, 0.3) is 0 Å². The summed E-state index contributed by atoms with van der Waals surface area (Å²) < 4.78 is 0. The average Bonchev–Trinajstić information content (AvgIpc) is 2.21. The molecule has 0 saturated carbocycles. The molecule has 0 aromatic carbocycles. The van der Waals surface area contributed by atoms with E-state index in [1.54, 1.807) is 33.8 Å². The van der Waals surface area contributed by atoms with E-state index in [0.29, 0.717) is 11.5 Å². The fraction of sp³-hybridized carbons (Fsp3) is 0.467. The van der Waals surface area contributed by atoms with Crippen molar-refractivity contribution in [3.8, 4) is 23.7 Å². The summed E-state index contributed by atoms with van der Waals surface area (Å²) in [7, 11) is 0. The van der Waals surface area contributed by atoms with E-state index in [0.717, 1.165) is 5.69 Å². The molecule has 0 aliphatic rings. The number of rotatable bonds is 0. The molecule has 100 valence electrons. The highest BCUT2D eigenvalue weighted by Gasteiger charge is 2.08. The van der Waals surface area contributed by atoms with E-state index >= 15 is 0 Å². The van der Waals surface area contributed by atoms with E-state index in [9.17, 15) is 10.2 Å². The Morgan fingerprint density at radius 1 is 0.947 bits per heavy atom. The number of aromatic nitrogens is 2. The quantitative estimate of drug-likeness (QED) is 0.682. The van der Waals surface area contributed by atoms with E-state index < -0.39 is 11.2 Å². The van der Waals surface area contributed by atoms with E-state index in [4.69, 9.17) is 0 Å². The summed E-state index contributed by atoms with van der Waals surface area (Å²) in [6, 6.07) is 1.72. The molecule has 0 saturated heterocycles. The Bertz CT molecular complexity index is 535. The molecule has 1 rings (SSSR count). The van der Waals surface area contributed by atoms with Crippen molar-refractivity contribution in [3.05, 3.63) is 23.3 Å². The highest BCUT2D eigenvalue weighted by molar-refractivity contribution is 5.34. The molecular weight excluding hydrogens is 240 g/mol. The lowest BCUT2D eigenvalue weighted by Gasteiger charge is -2.06. The Hall–Kier alpha value is -1.88. The molecular formula is C15H18N2O2. The van der Waals surface area contributed by atoms with Crippen molar-refractivity contribution < 1.29 is 10.2 Å². The molecule has 0 aliphatic carbocycles. The Morgan fingerprint density at radius 3 is 2.00 bits per heavy atom. The molecule has 0 bridgehead atoms. The Balaban J connectivity index is 3.13. The number of nitrogens with zero attached hydrogens (tertiary/aromatic N) is 2. The van der Waals surface area contributed by atoms with Crippen molar-refractivity contribution in [1.29, 1.82) is 0 Å². The van der Waals surface area contributed by atoms with Crippen molar-refractivity contribution in [3.63, 3.8) is 0 Å². The first kappa shape index (κ1) is 15.2. The Labute approximate surface area is 113 Å². The van der Waals surface area contributed by atoms with Crippen molar-refractivity contribution >= 4 is 0 Å². The fourth-order valence-electron chi connectivity index (χ4n) is 1.11. The smallest absolute Gasteiger partial charge is 0.206 e. The number of hydrogen-bond acceptors (Lipinski definition) is 4. The maximum Gasteiger partial charge on any atom is 0.206 e. The summed E-state index contributed by atoms with van der Waals surface area (Å²) in [4.78, 5) is 8.31.